The maximum absolute atomic E-state index is 6.34. The van der Waals surface area contributed by atoms with Crippen LogP contribution in [0.25, 0.3) is 28.3 Å². The van der Waals surface area contributed by atoms with E-state index in [2.05, 4.69) is 49.1 Å². The van der Waals surface area contributed by atoms with Crippen molar-refractivity contribution in [3.63, 3.8) is 0 Å². The molecule has 2 saturated heterocycles. The molecule has 0 bridgehead atoms. The number of nitrogens with zero attached hydrogens (tertiary/aromatic N) is 6. The van der Waals surface area contributed by atoms with E-state index in [0.29, 0.717) is 41.9 Å². The number of aromatic nitrogens is 5. The molecule has 2 aliphatic heterocycles. The van der Waals surface area contributed by atoms with Gasteiger partial charge in [-0.15, -0.1) is 5.10 Å². The topological polar surface area (TPSA) is 114 Å². The molecule has 0 saturated carbocycles. The van der Waals surface area contributed by atoms with Crippen molar-refractivity contribution in [1.82, 2.24) is 29.5 Å². The number of rotatable bonds is 5. The first-order chi connectivity index (χ1) is 17.7. The fourth-order valence-corrected chi connectivity index (χ4v) is 5.61. The van der Waals surface area contributed by atoms with Crippen molar-refractivity contribution < 1.29 is 9.15 Å². The largest absolute Gasteiger partial charge is 0.492 e. The molecule has 2 aliphatic rings. The number of nitrogens with two attached hydrogens (primary N) is 1. The Kier molecular flexibility index (Phi) is 5.05. The zero-order chi connectivity index (χ0) is 24.1. The number of piperazine rings is 1. The second-order valence-corrected chi connectivity index (χ2v) is 9.62. The smallest absolute Gasteiger partial charge is 0.256 e. The number of fused-ring (bicyclic) bond motifs is 3. The Bertz CT molecular complexity index is 1510. The van der Waals surface area contributed by atoms with E-state index in [9.17, 15) is 0 Å². The first-order valence-corrected chi connectivity index (χ1v) is 12.5. The van der Waals surface area contributed by atoms with E-state index < -0.39 is 0 Å². The molecule has 1 aromatic carbocycles. The molecule has 184 valence electrons. The molecule has 0 amide bonds. The number of benzene rings is 1. The lowest BCUT2D eigenvalue weighted by atomic mass is 9.93. The number of nitrogen functional groups attached to an aromatic ring is 1. The third-order valence-corrected chi connectivity index (χ3v) is 7.43. The van der Waals surface area contributed by atoms with Crippen LogP contribution < -0.4 is 15.4 Å². The Morgan fingerprint density at radius 3 is 3.00 bits per heavy atom. The van der Waals surface area contributed by atoms with Gasteiger partial charge in [0.1, 0.15) is 24.0 Å². The average molecular weight is 485 g/mol. The summed E-state index contributed by atoms with van der Waals surface area (Å²) in [5, 5.41) is 5.66. The van der Waals surface area contributed by atoms with E-state index in [4.69, 9.17) is 19.9 Å². The van der Waals surface area contributed by atoms with Crippen LogP contribution >= 0.6 is 0 Å². The summed E-state index contributed by atoms with van der Waals surface area (Å²) in [6.45, 7) is 3.45. The van der Waals surface area contributed by atoms with Gasteiger partial charge in [0.2, 0.25) is 5.82 Å². The van der Waals surface area contributed by atoms with Gasteiger partial charge in [0.25, 0.3) is 5.78 Å². The Hall–Kier alpha value is -4.05. The fourth-order valence-electron chi connectivity index (χ4n) is 5.61. The van der Waals surface area contributed by atoms with Crippen molar-refractivity contribution in [2.24, 2.45) is 0 Å². The highest BCUT2D eigenvalue weighted by Crippen LogP contribution is 2.30. The summed E-state index contributed by atoms with van der Waals surface area (Å²) in [5.41, 5.74) is 7.45. The number of piperidine rings is 1. The second-order valence-electron chi connectivity index (χ2n) is 9.62. The van der Waals surface area contributed by atoms with Gasteiger partial charge in [0.15, 0.2) is 5.76 Å². The number of ether oxygens (including phenoxy) is 1. The third kappa shape index (κ3) is 3.74. The SMILES string of the molecule is Nc1cc(N2CCN3[C@@H](COc4ccc5cc[nH]c5c4)CCC[C@H]3C2)nc2nc(-c3ccco3)nn12. The van der Waals surface area contributed by atoms with Crippen molar-refractivity contribution >= 4 is 28.3 Å². The molecule has 0 aliphatic carbocycles. The fraction of sp³-hybridized carbons (Fsp3) is 0.346. The highest BCUT2D eigenvalue weighted by Gasteiger charge is 2.36. The highest BCUT2D eigenvalue weighted by molar-refractivity contribution is 5.80. The molecule has 36 heavy (non-hydrogen) atoms. The first-order valence-electron chi connectivity index (χ1n) is 12.5. The predicted molar refractivity (Wildman–Crippen MR) is 137 cm³/mol. The number of H-pyrrole nitrogens is 1. The van der Waals surface area contributed by atoms with Gasteiger partial charge >= 0.3 is 0 Å². The molecule has 3 N–H and O–H groups in total. The Morgan fingerprint density at radius 2 is 2.08 bits per heavy atom. The van der Waals surface area contributed by atoms with Gasteiger partial charge in [-0.2, -0.15) is 14.5 Å². The van der Waals surface area contributed by atoms with Crippen molar-refractivity contribution in [2.75, 3.05) is 36.9 Å². The summed E-state index contributed by atoms with van der Waals surface area (Å²) >= 11 is 0. The van der Waals surface area contributed by atoms with Crippen LogP contribution in [0.5, 0.6) is 5.75 Å². The van der Waals surface area contributed by atoms with Crippen LogP contribution in [0.3, 0.4) is 0 Å². The number of hydrogen-bond acceptors (Lipinski definition) is 8. The van der Waals surface area contributed by atoms with Gasteiger partial charge in [-0.1, -0.05) is 6.42 Å². The lowest BCUT2D eigenvalue weighted by molar-refractivity contribution is 0.0433. The lowest BCUT2D eigenvalue weighted by Gasteiger charge is -2.48. The van der Waals surface area contributed by atoms with Gasteiger partial charge in [0.05, 0.1) is 6.26 Å². The summed E-state index contributed by atoms with van der Waals surface area (Å²) in [6, 6.07) is 14.7. The van der Waals surface area contributed by atoms with E-state index in [1.54, 1.807) is 10.8 Å². The van der Waals surface area contributed by atoms with E-state index in [-0.39, 0.29) is 0 Å². The summed E-state index contributed by atoms with van der Waals surface area (Å²) < 4.78 is 13.2. The van der Waals surface area contributed by atoms with Gasteiger partial charge in [-0.3, -0.25) is 4.90 Å². The molecule has 2 atom stereocenters. The lowest BCUT2D eigenvalue weighted by Crippen LogP contribution is -2.59. The molecule has 4 aromatic heterocycles. The molecule has 0 radical (unpaired) electrons. The van der Waals surface area contributed by atoms with E-state index in [0.717, 1.165) is 43.1 Å². The first kappa shape index (κ1) is 21.3. The Balaban J connectivity index is 1.06. The van der Waals surface area contributed by atoms with Gasteiger partial charge in [-0.05, 0) is 48.6 Å². The van der Waals surface area contributed by atoms with Gasteiger partial charge in [-0.25, -0.2) is 0 Å². The summed E-state index contributed by atoms with van der Waals surface area (Å²) in [4.78, 5) is 17.5. The Labute approximate surface area is 207 Å². The number of furan rings is 1. The van der Waals surface area contributed by atoms with Crippen molar-refractivity contribution in [3.05, 3.63) is 54.9 Å². The van der Waals surface area contributed by atoms with Crippen molar-refractivity contribution in [3.8, 4) is 17.3 Å². The van der Waals surface area contributed by atoms with E-state index in [1.165, 1.54) is 18.2 Å². The van der Waals surface area contributed by atoms with Crippen LogP contribution in [0.15, 0.2) is 59.3 Å². The zero-order valence-electron chi connectivity index (χ0n) is 19.9. The molecule has 10 heteroatoms. The summed E-state index contributed by atoms with van der Waals surface area (Å²) in [5.74, 6) is 3.83. The number of hydrogen-bond donors (Lipinski definition) is 2. The van der Waals surface area contributed by atoms with Crippen LogP contribution in [0.2, 0.25) is 0 Å². The highest BCUT2D eigenvalue weighted by atomic mass is 16.5. The average Bonchev–Trinajstić information content (AvgIpc) is 3.67. The van der Waals surface area contributed by atoms with Crippen LogP contribution in [0.4, 0.5) is 11.6 Å². The van der Waals surface area contributed by atoms with Crippen molar-refractivity contribution in [1.29, 1.82) is 0 Å². The summed E-state index contributed by atoms with van der Waals surface area (Å²) in [6.07, 6.45) is 7.09. The normalized spacial score (nSPS) is 20.7. The minimum absolute atomic E-state index is 0.415. The number of aromatic amines is 1. The molecule has 0 spiro atoms. The molecular weight excluding hydrogens is 456 g/mol. The van der Waals surface area contributed by atoms with E-state index >= 15 is 0 Å². The third-order valence-electron chi connectivity index (χ3n) is 7.43. The quantitative estimate of drug-likeness (QED) is 0.389. The second kappa shape index (κ2) is 8.56. The molecule has 2 fully saturated rings. The van der Waals surface area contributed by atoms with Crippen LogP contribution in [-0.2, 0) is 0 Å². The van der Waals surface area contributed by atoms with Crippen LogP contribution in [0, 0.1) is 0 Å². The molecule has 6 heterocycles. The molecule has 10 nitrogen and oxygen atoms in total. The Morgan fingerprint density at radius 1 is 1.11 bits per heavy atom. The molecule has 5 aromatic rings. The standard InChI is InChI=1S/C26H28N8O2/c27-23-14-24(29-26-30-25(31-34(23)26)22-5-2-12-35-22)32-10-11-33-18(15-32)3-1-4-19(33)16-36-20-7-6-17-8-9-28-21(17)13-20/h2,5-9,12-14,18-19,28H,1,3-4,10-11,15-16,27H2/t18-,19+/m0/s1. The van der Waals surface area contributed by atoms with Gasteiger partial charge < -0.3 is 24.8 Å². The monoisotopic (exact) mass is 484 g/mol. The summed E-state index contributed by atoms with van der Waals surface area (Å²) in [7, 11) is 0. The van der Waals surface area contributed by atoms with Gasteiger partial charge in [0, 0.05) is 55.6 Å². The number of nitrogens with one attached hydrogen (secondary N) is 1. The van der Waals surface area contributed by atoms with E-state index in [1.807, 2.05) is 24.4 Å². The minimum atomic E-state index is 0.415. The van der Waals surface area contributed by atoms with Crippen molar-refractivity contribution in [2.45, 2.75) is 31.3 Å². The van der Waals surface area contributed by atoms with Crippen LogP contribution in [0.1, 0.15) is 19.3 Å². The maximum atomic E-state index is 6.34. The maximum Gasteiger partial charge on any atom is 0.256 e. The minimum Gasteiger partial charge on any atom is -0.492 e. The van der Waals surface area contributed by atoms with Crippen LogP contribution in [-0.4, -0.2) is 67.8 Å². The number of anilines is 2. The zero-order valence-corrected chi connectivity index (χ0v) is 19.9. The molecular formula is C26H28N8O2. The molecule has 0 unspecified atom stereocenters. The predicted octanol–water partition coefficient (Wildman–Crippen LogP) is 3.57. The molecule has 7 rings (SSSR count).